The van der Waals surface area contributed by atoms with Crippen molar-refractivity contribution in [2.75, 3.05) is 20.2 Å². The highest BCUT2D eigenvalue weighted by Crippen LogP contribution is 2.37. The Morgan fingerprint density at radius 1 is 1.26 bits per heavy atom. The van der Waals surface area contributed by atoms with Gasteiger partial charge in [0, 0.05) is 35.1 Å². The van der Waals surface area contributed by atoms with Crippen LogP contribution in [0.2, 0.25) is 0 Å². The molecule has 4 nitrogen and oxygen atoms in total. The van der Waals surface area contributed by atoms with Crippen LogP contribution in [0.1, 0.15) is 40.0 Å². The standard InChI is InChI=1S/C18H22N2O2S/c1-13-12-19-17(23-13)18(2)8-10-20(11-9-18)16(21)14-4-6-15(22-3)7-5-14/h4-7,12H,8-11H2,1-3H3. The van der Waals surface area contributed by atoms with Crippen molar-refractivity contribution in [3.05, 3.63) is 45.9 Å². The van der Waals surface area contributed by atoms with Crippen molar-refractivity contribution in [2.45, 2.75) is 32.1 Å². The molecule has 122 valence electrons. The minimum absolute atomic E-state index is 0.0929. The number of hydrogen-bond donors (Lipinski definition) is 0. The summed E-state index contributed by atoms with van der Waals surface area (Å²) in [6.07, 6.45) is 3.86. The molecule has 0 aliphatic carbocycles. The third-order valence-electron chi connectivity index (χ3n) is 4.63. The lowest BCUT2D eigenvalue weighted by atomic mass is 9.81. The molecule has 2 heterocycles. The topological polar surface area (TPSA) is 42.4 Å². The number of ether oxygens (including phenoxy) is 1. The maximum atomic E-state index is 12.6. The van der Waals surface area contributed by atoms with Gasteiger partial charge in [0.25, 0.3) is 5.91 Å². The largest absolute Gasteiger partial charge is 0.497 e. The van der Waals surface area contributed by atoms with Crippen LogP contribution >= 0.6 is 11.3 Å². The molecule has 1 aliphatic rings. The van der Waals surface area contributed by atoms with Gasteiger partial charge in [-0.2, -0.15) is 0 Å². The molecule has 23 heavy (non-hydrogen) atoms. The van der Waals surface area contributed by atoms with E-state index in [-0.39, 0.29) is 11.3 Å². The zero-order chi connectivity index (χ0) is 16.4. The van der Waals surface area contributed by atoms with E-state index in [4.69, 9.17) is 4.74 Å². The lowest BCUT2D eigenvalue weighted by Crippen LogP contribution is -2.43. The molecule has 0 radical (unpaired) electrons. The van der Waals surface area contributed by atoms with Gasteiger partial charge in [0.2, 0.25) is 0 Å². The molecule has 0 spiro atoms. The van der Waals surface area contributed by atoms with Crippen LogP contribution in [0, 0.1) is 6.92 Å². The van der Waals surface area contributed by atoms with Gasteiger partial charge in [-0.25, -0.2) is 4.98 Å². The molecular formula is C18H22N2O2S. The van der Waals surface area contributed by atoms with E-state index in [1.54, 1.807) is 18.4 Å². The first-order valence-electron chi connectivity index (χ1n) is 7.88. The number of rotatable bonds is 3. The van der Waals surface area contributed by atoms with Crippen LogP contribution in [0.4, 0.5) is 0 Å². The van der Waals surface area contributed by atoms with Crippen molar-refractivity contribution >= 4 is 17.2 Å². The van der Waals surface area contributed by atoms with Gasteiger partial charge in [-0.05, 0) is 44.0 Å². The summed E-state index contributed by atoms with van der Waals surface area (Å²) < 4.78 is 5.14. The molecular weight excluding hydrogens is 308 g/mol. The summed E-state index contributed by atoms with van der Waals surface area (Å²) >= 11 is 1.77. The maximum absolute atomic E-state index is 12.6. The average molecular weight is 330 g/mol. The number of carbonyl (C=O) groups excluding carboxylic acids is 1. The molecule has 1 aromatic heterocycles. The second-order valence-corrected chi connectivity index (χ2v) is 7.59. The van der Waals surface area contributed by atoms with E-state index in [0.29, 0.717) is 0 Å². The van der Waals surface area contributed by atoms with Crippen molar-refractivity contribution in [1.29, 1.82) is 0 Å². The minimum Gasteiger partial charge on any atom is -0.497 e. The van der Waals surface area contributed by atoms with Gasteiger partial charge in [0.1, 0.15) is 5.75 Å². The first kappa shape index (κ1) is 16.0. The smallest absolute Gasteiger partial charge is 0.253 e. The number of benzene rings is 1. The number of amides is 1. The number of aromatic nitrogens is 1. The number of aryl methyl sites for hydroxylation is 1. The van der Waals surface area contributed by atoms with E-state index < -0.39 is 0 Å². The van der Waals surface area contributed by atoms with E-state index in [1.165, 1.54) is 9.88 Å². The first-order valence-corrected chi connectivity index (χ1v) is 8.70. The average Bonchev–Trinajstić information content (AvgIpc) is 3.02. The van der Waals surface area contributed by atoms with Crippen LogP contribution in [0.25, 0.3) is 0 Å². The molecule has 1 saturated heterocycles. The van der Waals surface area contributed by atoms with Crippen LogP contribution in [0.3, 0.4) is 0 Å². The Morgan fingerprint density at radius 3 is 2.43 bits per heavy atom. The Bertz CT molecular complexity index is 685. The Balaban J connectivity index is 1.67. The molecule has 0 atom stereocenters. The Hall–Kier alpha value is -1.88. The van der Waals surface area contributed by atoms with Gasteiger partial charge in [0.15, 0.2) is 0 Å². The fourth-order valence-electron chi connectivity index (χ4n) is 2.97. The number of hydrogen-bond acceptors (Lipinski definition) is 4. The van der Waals surface area contributed by atoms with Gasteiger partial charge in [-0.1, -0.05) is 6.92 Å². The summed E-state index contributed by atoms with van der Waals surface area (Å²) in [6, 6.07) is 7.33. The van der Waals surface area contributed by atoms with Gasteiger partial charge < -0.3 is 9.64 Å². The normalized spacial score (nSPS) is 17.1. The van der Waals surface area contributed by atoms with E-state index in [9.17, 15) is 4.79 Å². The summed E-state index contributed by atoms with van der Waals surface area (Å²) in [5, 5.41) is 1.20. The number of likely N-dealkylation sites (tertiary alicyclic amines) is 1. The van der Waals surface area contributed by atoms with Crippen LogP contribution in [0.5, 0.6) is 5.75 Å². The molecule has 1 aliphatic heterocycles. The number of nitrogens with zero attached hydrogens (tertiary/aromatic N) is 2. The fraction of sp³-hybridized carbons (Fsp3) is 0.444. The maximum Gasteiger partial charge on any atom is 0.253 e. The molecule has 2 aromatic rings. The number of carbonyl (C=O) groups is 1. The predicted molar refractivity (Wildman–Crippen MR) is 92.3 cm³/mol. The van der Waals surface area contributed by atoms with Gasteiger partial charge in [-0.3, -0.25) is 4.79 Å². The number of piperidine rings is 1. The summed E-state index contributed by atoms with van der Waals surface area (Å²) in [5.74, 6) is 0.872. The lowest BCUT2D eigenvalue weighted by Gasteiger charge is -2.38. The van der Waals surface area contributed by atoms with Crippen LogP contribution in [0.15, 0.2) is 30.5 Å². The predicted octanol–water partition coefficient (Wildman–Crippen LogP) is 3.65. The van der Waals surface area contributed by atoms with Gasteiger partial charge in [0.05, 0.1) is 12.1 Å². The Labute approximate surface area is 141 Å². The summed E-state index contributed by atoms with van der Waals surface area (Å²) in [4.78, 5) is 20.4. The minimum atomic E-state index is 0.0929. The molecule has 1 amide bonds. The van der Waals surface area contributed by atoms with Crippen LogP contribution in [-0.2, 0) is 5.41 Å². The van der Waals surface area contributed by atoms with Crippen molar-refractivity contribution in [2.24, 2.45) is 0 Å². The Kier molecular flexibility index (Phi) is 4.39. The molecule has 5 heteroatoms. The molecule has 0 saturated carbocycles. The number of methoxy groups -OCH3 is 1. The van der Waals surface area contributed by atoms with Gasteiger partial charge in [-0.15, -0.1) is 11.3 Å². The van der Waals surface area contributed by atoms with Crippen LogP contribution in [-0.4, -0.2) is 36.0 Å². The molecule has 1 aromatic carbocycles. The highest BCUT2D eigenvalue weighted by atomic mass is 32.1. The van der Waals surface area contributed by atoms with Crippen molar-refractivity contribution < 1.29 is 9.53 Å². The fourth-order valence-corrected chi connectivity index (χ4v) is 3.93. The quantitative estimate of drug-likeness (QED) is 0.862. The molecule has 3 rings (SSSR count). The van der Waals surface area contributed by atoms with E-state index in [2.05, 4.69) is 18.8 Å². The van der Waals surface area contributed by atoms with Crippen molar-refractivity contribution in [3.8, 4) is 5.75 Å². The van der Waals surface area contributed by atoms with E-state index in [0.717, 1.165) is 37.2 Å². The zero-order valence-corrected chi connectivity index (χ0v) is 14.7. The second kappa shape index (κ2) is 6.32. The van der Waals surface area contributed by atoms with Crippen LogP contribution < -0.4 is 4.74 Å². The first-order chi connectivity index (χ1) is 11.0. The molecule has 0 unspecified atom stereocenters. The molecule has 0 N–H and O–H groups in total. The van der Waals surface area contributed by atoms with Crippen molar-refractivity contribution in [1.82, 2.24) is 9.88 Å². The molecule has 1 fully saturated rings. The Morgan fingerprint density at radius 2 is 1.91 bits per heavy atom. The van der Waals surface area contributed by atoms with E-state index >= 15 is 0 Å². The van der Waals surface area contributed by atoms with Crippen molar-refractivity contribution in [3.63, 3.8) is 0 Å². The zero-order valence-electron chi connectivity index (χ0n) is 13.8. The highest BCUT2D eigenvalue weighted by Gasteiger charge is 2.35. The third-order valence-corrected chi connectivity index (χ3v) is 5.85. The lowest BCUT2D eigenvalue weighted by molar-refractivity contribution is 0.0676. The summed E-state index contributed by atoms with van der Waals surface area (Å²) in [6.45, 7) is 5.91. The third kappa shape index (κ3) is 3.24. The monoisotopic (exact) mass is 330 g/mol. The highest BCUT2D eigenvalue weighted by molar-refractivity contribution is 7.11. The number of thiazole rings is 1. The summed E-state index contributed by atoms with van der Waals surface area (Å²) in [7, 11) is 1.63. The van der Waals surface area contributed by atoms with Gasteiger partial charge >= 0.3 is 0 Å². The SMILES string of the molecule is COc1ccc(C(=O)N2CCC(C)(c3ncc(C)s3)CC2)cc1. The second-order valence-electron chi connectivity index (χ2n) is 6.36. The summed E-state index contributed by atoms with van der Waals surface area (Å²) in [5.41, 5.74) is 0.815. The molecule has 0 bridgehead atoms. The van der Waals surface area contributed by atoms with E-state index in [1.807, 2.05) is 35.4 Å².